The summed E-state index contributed by atoms with van der Waals surface area (Å²) in [6.45, 7) is 9.10. The van der Waals surface area contributed by atoms with Crippen LogP contribution in [0.4, 0.5) is 0 Å². The van der Waals surface area contributed by atoms with Gasteiger partial charge in [-0.05, 0) is 32.4 Å². The summed E-state index contributed by atoms with van der Waals surface area (Å²) in [5.41, 5.74) is 0. The molecule has 3 atom stereocenters. The summed E-state index contributed by atoms with van der Waals surface area (Å²) >= 11 is 7.76. The topological polar surface area (TPSA) is 15.3 Å². The highest BCUT2D eigenvalue weighted by Crippen LogP contribution is 2.32. The van der Waals surface area contributed by atoms with Gasteiger partial charge in [0.25, 0.3) is 0 Å². The zero-order chi connectivity index (χ0) is 13.1. The van der Waals surface area contributed by atoms with Crippen LogP contribution in [0.15, 0.2) is 12.1 Å². The molecule has 3 unspecified atom stereocenters. The second-order valence-electron chi connectivity index (χ2n) is 5.26. The third kappa shape index (κ3) is 3.27. The number of halogens is 1. The van der Waals surface area contributed by atoms with E-state index in [1.165, 1.54) is 17.7 Å². The predicted molar refractivity (Wildman–Crippen MR) is 80.6 cm³/mol. The summed E-state index contributed by atoms with van der Waals surface area (Å²) in [6.07, 6.45) is 2.51. The lowest BCUT2D eigenvalue weighted by atomic mass is 10.0. The van der Waals surface area contributed by atoms with Gasteiger partial charge < -0.3 is 5.32 Å². The van der Waals surface area contributed by atoms with Crippen molar-refractivity contribution < 1.29 is 0 Å². The van der Waals surface area contributed by atoms with Crippen molar-refractivity contribution in [2.24, 2.45) is 0 Å². The maximum atomic E-state index is 6.05. The lowest BCUT2D eigenvalue weighted by Crippen LogP contribution is -2.55. The van der Waals surface area contributed by atoms with E-state index in [1.807, 2.05) is 6.07 Å². The minimum absolute atomic E-state index is 0.471. The fraction of sp³-hybridized carbons (Fsp3) is 0.714. The van der Waals surface area contributed by atoms with Crippen LogP contribution >= 0.6 is 22.9 Å². The molecule has 1 aliphatic rings. The molecule has 2 heterocycles. The van der Waals surface area contributed by atoms with Crippen molar-refractivity contribution in [3.63, 3.8) is 0 Å². The molecule has 4 heteroatoms. The first kappa shape index (κ1) is 14.3. The van der Waals surface area contributed by atoms with Gasteiger partial charge in [-0.3, -0.25) is 4.90 Å². The Morgan fingerprint density at radius 3 is 2.94 bits per heavy atom. The van der Waals surface area contributed by atoms with Crippen molar-refractivity contribution in [3.8, 4) is 0 Å². The molecule has 0 spiro atoms. The van der Waals surface area contributed by atoms with E-state index in [-0.39, 0.29) is 0 Å². The first-order valence-electron chi connectivity index (χ1n) is 6.86. The second kappa shape index (κ2) is 6.38. The number of thiophene rings is 1. The van der Waals surface area contributed by atoms with E-state index in [2.05, 4.69) is 37.1 Å². The van der Waals surface area contributed by atoms with Gasteiger partial charge in [-0.1, -0.05) is 24.9 Å². The first-order valence-corrected chi connectivity index (χ1v) is 8.05. The minimum Gasteiger partial charge on any atom is -0.311 e. The SMILES string of the molecule is CCCC1CN(C(C)c2ccc(Cl)s2)C(C)CN1. The highest BCUT2D eigenvalue weighted by atomic mass is 35.5. The summed E-state index contributed by atoms with van der Waals surface area (Å²) in [6, 6.07) is 5.88. The maximum absolute atomic E-state index is 6.05. The van der Waals surface area contributed by atoms with Gasteiger partial charge in [-0.15, -0.1) is 11.3 Å². The highest BCUT2D eigenvalue weighted by molar-refractivity contribution is 7.16. The van der Waals surface area contributed by atoms with Crippen molar-refractivity contribution >= 4 is 22.9 Å². The molecule has 1 aromatic rings. The summed E-state index contributed by atoms with van der Waals surface area (Å²) in [5, 5.41) is 3.65. The molecule has 1 aliphatic heterocycles. The van der Waals surface area contributed by atoms with Gasteiger partial charge in [-0.25, -0.2) is 0 Å². The van der Waals surface area contributed by atoms with Gasteiger partial charge in [0.15, 0.2) is 0 Å². The van der Waals surface area contributed by atoms with E-state index in [0.717, 1.165) is 17.4 Å². The molecule has 0 saturated carbocycles. The average molecular weight is 287 g/mol. The lowest BCUT2D eigenvalue weighted by Gasteiger charge is -2.42. The molecule has 2 rings (SSSR count). The third-order valence-corrected chi connectivity index (χ3v) is 5.24. The Balaban J connectivity index is 2.05. The van der Waals surface area contributed by atoms with E-state index in [4.69, 9.17) is 11.6 Å². The Kier molecular flexibility index (Phi) is 5.07. The zero-order valence-electron chi connectivity index (χ0n) is 11.4. The van der Waals surface area contributed by atoms with Gasteiger partial charge in [0.2, 0.25) is 0 Å². The Bertz CT molecular complexity index is 380. The van der Waals surface area contributed by atoms with Crippen LogP contribution in [-0.4, -0.2) is 30.1 Å². The average Bonchev–Trinajstić information content (AvgIpc) is 2.78. The van der Waals surface area contributed by atoms with Crippen molar-refractivity contribution in [2.75, 3.05) is 13.1 Å². The molecular formula is C14H23ClN2S. The Hall–Kier alpha value is -0.0900. The van der Waals surface area contributed by atoms with E-state index in [1.54, 1.807) is 11.3 Å². The van der Waals surface area contributed by atoms with E-state index in [9.17, 15) is 0 Å². The van der Waals surface area contributed by atoms with E-state index in [0.29, 0.717) is 18.1 Å². The van der Waals surface area contributed by atoms with Crippen LogP contribution in [0.3, 0.4) is 0 Å². The van der Waals surface area contributed by atoms with Crippen LogP contribution in [0.2, 0.25) is 4.34 Å². The van der Waals surface area contributed by atoms with Crippen LogP contribution in [0.1, 0.15) is 44.5 Å². The second-order valence-corrected chi connectivity index (χ2v) is 7.00. The van der Waals surface area contributed by atoms with Gasteiger partial charge in [0.05, 0.1) is 4.34 Å². The number of hydrogen-bond acceptors (Lipinski definition) is 3. The molecule has 0 amide bonds. The summed E-state index contributed by atoms with van der Waals surface area (Å²) in [5.74, 6) is 0. The standard InChI is InChI=1S/C14H23ClN2S/c1-4-5-12-9-17(10(2)8-16-12)11(3)13-6-7-14(15)18-13/h6-7,10-12,16H,4-5,8-9H2,1-3H3. The largest absolute Gasteiger partial charge is 0.311 e. The normalized spacial score (nSPS) is 27.3. The molecule has 2 nitrogen and oxygen atoms in total. The molecule has 1 N–H and O–H groups in total. The molecule has 1 saturated heterocycles. The highest BCUT2D eigenvalue weighted by Gasteiger charge is 2.29. The summed E-state index contributed by atoms with van der Waals surface area (Å²) in [7, 11) is 0. The van der Waals surface area contributed by atoms with Gasteiger partial charge in [0, 0.05) is 36.1 Å². The number of piperazine rings is 1. The van der Waals surface area contributed by atoms with Gasteiger partial charge in [-0.2, -0.15) is 0 Å². The number of nitrogens with one attached hydrogen (secondary N) is 1. The van der Waals surface area contributed by atoms with Crippen LogP contribution in [0.25, 0.3) is 0 Å². The fourth-order valence-electron chi connectivity index (χ4n) is 2.75. The van der Waals surface area contributed by atoms with Crippen LogP contribution in [-0.2, 0) is 0 Å². The van der Waals surface area contributed by atoms with Crippen molar-refractivity contribution in [1.29, 1.82) is 0 Å². The molecule has 0 aromatic carbocycles. The first-order chi connectivity index (χ1) is 8.61. The molecule has 102 valence electrons. The van der Waals surface area contributed by atoms with E-state index < -0.39 is 0 Å². The number of nitrogens with zero attached hydrogens (tertiary/aromatic N) is 1. The molecule has 18 heavy (non-hydrogen) atoms. The zero-order valence-corrected chi connectivity index (χ0v) is 13.0. The minimum atomic E-state index is 0.471. The van der Waals surface area contributed by atoms with E-state index >= 15 is 0 Å². The predicted octanol–water partition coefficient (Wildman–Crippen LogP) is 3.92. The van der Waals surface area contributed by atoms with Crippen molar-refractivity contribution in [1.82, 2.24) is 10.2 Å². The number of rotatable bonds is 4. The maximum Gasteiger partial charge on any atom is 0.0931 e. The Labute approximate surface area is 119 Å². The van der Waals surface area contributed by atoms with Gasteiger partial charge in [0.1, 0.15) is 0 Å². The number of hydrogen-bond donors (Lipinski definition) is 1. The third-order valence-electron chi connectivity index (χ3n) is 3.84. The smallest absolute Gasteiger partial charge is 0.0931 e. The molecule has 1 aromatic heterocycles. The molecule has 1 fully saturated rings. The van der Waals surface area contributed by atoms with Crippen molar-refractivity contribution in [2.45, 2.75) is 51.7 Å². The quantitative estimate of drug-likeness (QED) is 0.902. The molecule has 0 aliphatic carbocycles. The van der Waals surface area contributed by atoms with Crippen LogP contribution in [0, 0.1) is 0 Å². The summed E-state index contributed by atoms with van der Waals surface area (Å²) in [4.78, 5) is 3.99. The van der Waals surface area contributed by atoms with Crippen LogP contribution < -0.4 is 5.32 Å². The Morgan fingerprint density at radius 1 is 1.56 bits per heavy atom. The van der Waals surface area contributed by atoms with Crippen LogP contribution in [0.5, 0.6) is 0 Å². The molecular weight excluding hydrogens is 264 g/mol. The lowest BCUT2D eigenvalue weighted by molar-refractivity contribution is 0.0975. The van der Waals surface area contributed by atoms with Crippen molar-refractivity contribution in [3.05, 3.63) is 21.3 Å². The monoisotopic (exact) mass is 286 g/mol. The summed E-state index contributed by atoms with van der Waals surface area (Å²) < 4.78 is 0.893. The molecule has 0 bridgehead atoms. The van der Waals surface area contributed by atoms with Gasteiger partial charge >= 0.3 is 0 Å². The molecule has 0 radical (unpaired) electrons. The fourth-order valence-corrected chi connectivity index (χ4v) is 3.88. The Morgan fingerprint density at radius 2 is 2.33 bits per heavy atom.